The summed E-state index contributed by atoms with van der Waals surface area (Å²) in [5, 5.41) is 0. The van der Waals surface area contributed by atoms with Crippen LogP contribution in [-0.2, 0) is 6.54 Å². The standard InChI is InChI=1S/C15H26N2O/c1-3-4-5-6-7-8-9-18-15-11-14(12-16)10-13(2)17-15/h10-11H,3-9,12,16H2,1-2H3. The van der Waals surface area contributed by atoms with E-state index in [4.69, 9.17) is 10.5 Å². The largest absolute Gasteiger partial charge is 0.478 e. The molecule has 0 unspecified atom stereocenters. The fraction of sp³-hybridized carbons (Fsp3) is 0.667. The average Bonchev–Trinajstić information content (AvgIpc) is 2.37. The second kappa shape index (κ2) is 8.92. The molecule has 0 aromatic carbocycles. The van der Waals surface area contributed by atoms with Gasteiger partial charge in [0.2, 0.25) is 5.88 Å². The fourth-order valence-corrected chi connectivity index (χ4v) is 1.96. The van der Waals surface area contributed by atoms with Crippen LogP contribution in [0.25, 0.3) is 0 Å². The quantitative estimate of drug-likeness (QED) is 0.681. The lowest BCUT2D eigenvalue weighted by atomic mass is 10.1. The third kappa shape index (κ3) is 6.01. The molecule has 1 aromatic heterocycles. The van der Waals surface area contributed by atoms with Crippen molar-refractivity contribution < 1.29 is 4.74 Å². The lowest BCUT2D eigenvalue weighted by Crippen LogP contribution is -2.03. The van der Waals surface area contributed by atoms with E-state index in [0.29, 0.717) is 12.4 Å². The first kappa shape index (κ1) is 15.0. The number of nitrogens with two attached hydrogens (primary N) is 1. The smallest absolute Gasteiger partial charge is 0.213 e. The van der Waals surface area contributed by atoms with E-state index >= 15 is 0 Å². The predicted molar refractivity (Wildman–Crippen MR) is 75.7 cm³/mol. The van der Waals surface area contributed by atoms with E-state index in [1.165, 1.54) is 32.1 Å². The number of hydrogen-bond acceptors (Lipinski definition) is 3. The minimum atomic E-state index is 0.538. The van der Waals surface area contributed by atoms with Gasteiger partial charge in [-0.25, -0.2) is 4.98 Å². The molecule has 102 valence electrons. The van der Waals surface area contributed by atoms with Crippen molar-refractivity contribution in [1.29, 1.82) is 0 Å². The summed E-state index contributed by atoms with van der Waals surface area (Å²) < 4.78 is 5.67. The van der Waals surface area contributed by atoms with E-state index in [-0.39, 0.29) is 0 Å². The van der Waals surface area contributed by atoms with Gasteiger partial charge >= 0.3 is 0 Å². The maximum absolute atomic E-state index is 5.67. The maximum atomic E-state index is 5.67. The highest BCUT2D eigenvalue weighted by atomic mass is 16.5. The molecule has 0 saturated heterocycles. The van der Waals surface area contributed by atoms with Crippen molar-refractivity contribution >= 4 is 0 Å². The Balaban J connectivity index is 2.20. The summed E-state index contributed by atoms with van der Waals surface area (Å²) in [6.07, 6.45) is 7.65. The molecule has 1 aromatic rings. The Bertz CT molecular complexity index is 339. The van der Waals surface area contributed by atoms with Crippen molar-refractivity contribution in [3.63, 3.8) is 0 Å². The first-order valence-corrected chi connectivity index (χ1v) is 7.06. The zero-order chi connectivity index (χ0) is 13.2. The van der Waals surface area contributed by atoms with Crippen LogP contribution in [0.4, 0.5) is 0 Å². The summed E-state index contributed by atoms with van der Waals surface area (Å²) in [6, 6.07) is 3.93. The fourth-order valence-electron chi connectivity index (χ4n) is 1.96. The van der Waals surface area contributed by atoms with E-state index in [2.05, 4.69) is 11.9 Å². The highest BCUT2D eigenvalue weighted by Crippen LogP contribution is 2.13. The van der Waals surface area contributed by atoms with Gasteiger partial charge in [-0.15, -0.1) is 0 Å². The molecule has 0 amide bonds. The Labute approximate surface area is 111 Å². The number of aromatic nitrogens is 1. The van der Waals surface area contributed by atoms with Crippen LogP contribution in [0.1, 0.15) is 56.7 Å². The van der Waals surface area contributed by atoms with Gasteiger partial charge in [0.05, 0.1) is 6.61 Å². The van der Waals surface area contributed by atoms with Crippen LogP contribution in [0.5, 0.6) is 5.88 Å². The van der Waals surface area contributed by atoms with E-state index in [0.717, 1.165) is 24.3 Å². The molecular weight excluding hydrogens is 224 g/mol. The molecule has 0 aliphatic rings. The third-order valence-electron chi connectivity index (χ3n) is 2.97. The van der Waals surface area contributed by atoms with Gasteiger partial charge in [0.1, 0.15) is 0 Å². The molecule has 0 aliphatic carbocycles. The molecule has 3 nitrogen and oxygen atoms in total. The zero-order valence-electron chi connectivity index (χ0n) is 11.7. The van der Waals surface area contributed by atoms with Crippen molar-refractivity contribution in [2.75, 3.05) is 6.61 Å². The summed E-state index contributed by atoms with van der Waals surface area (Å²) in [5.74, 6) is 0.712. The van der Waals surface area contributed by atoms with E-state index in [9.17, 15) is 0 Å². The van der Waals surface area contributed by atoms with Crippen molar-refractivity contribution in [3.05, 3.63) is 23.4 Å². The molecule has 1 heterocycles. The molecule has 3 heteroatoms. The molecule has 0 saturated carbocycles. The van der Waals surface area contributed by atoms with E-state index < -0.39 is 0 Å². The lowest BCUT2D eigenvalue weighted by Gasteiger charge is -2.07. The van der Waals surface area contributed by atoms with Crippen molar-refractivity contribution in [1.82, 2.24) is 4.98 Å². The van der Waals surface area contributed by atoms with Crippen molar-refractivity contribution in [3.8, 4) is 5.88 Å². The number of hydrogen-bond donors (Lipinski definition) is 1. The minimum Gasteiger partial charge on any atom is -0.478 e. The second-order valence-electron chi connectivity index (χ2n) is 4.78. The van der Waals surface area contributed by atoms with Gasteiger partial charge in [0.15, 0.2) is 0 Å². The molecule has 0 fully saturated rings. The van der Waals surface area contributed by atoms with Crippen LogP contribution in [0.15, 0.2) is 12.1 Å². The van der Waals surface area contributed by atoms with E-state index in [1.54, 1.807) is 0 Å². The second-order valence-corrected chi connectivity index (χ2v) is 4.78. The summed E-state index contributed by atoms with van der Waals surface area (Å²) in [6.45, 7) is 5.50. The molecule has 1 rings (SSSR count). The molecule has 18 heavy (non-hydrogen) atoms. The molecule has 0 radical (unpaired) electrons. The number of pyridine rings is 1. The van der Waals surface area contributed by atoms with Gasteiger partial charge in [-0.3, -0.25) is 0 Å². The highest BCUT2D eigenvalue weighted by Gasteiger charge is 2.00. The first-order chi connectivity index (χ1) is 8.76. The number of aryl methyl sites for hydroxylation is 1. The van der Waals surface area contributed by atoms with Gasteiger partial charge in [-0.05, 0) is 25.0 Å². The summed E-state index contributed by atoms with van der Waals surface area (Å²) >= 11 is 0. The van der Waals surface area contributed by atoms with Crippen LogP contribution < -0.4 is 10.5 Å². The van der Waals surface area contributed by atoms with Crippen molar-refractivity contribution in [2.24, 2.45) is 5.73 Å². The molecule has 0 spiro atoms. The van der Waals surface area contributed by atoms with E-state index in [1.807, 2.05) is 19.1 Å². The summed E-state index contributed by atoms with van der Waals surface area (Å²) in [4.78, 5) is 4.35. The Morgan fingerprint density at radius 3 is 2.56 bits per heavy atom. The van der Waals surface area contributed by atoms with Crippen LogP contribution in [0, 0.1) is 6.92 Å². The first-order valence-electron chi connectivity index (χ1n) is 7.06. The lowest BCUT2D eigenvalue weighted by molar-refractivity contribution is 0.292. The predicted octanol–water partition coefficient (Wildman–Crippen LogP) is 3.59. The van der Waals surface area contributed by atoms with Gasteiger partial charge < -0.3 is 10.5 Å². The Kier molecular flexibility index (Phi) is 7.42. The van der Waals surface area contributed by atoms with Crippen molar-refractivity contribution in [2.45, 2.75) is 58.9 Å². The topological polar surface area (TPSA) is 48.1 Å². The molecule has 0 bridgehead atoms. The van der Waals surface area contributed by atoms with Gasteiger partial charge in [0, 0.05) is 18.3 Å². The van der Waals surface area contributed by atoms with Crippen LogP contribution in [0.2, 0.25) is 0 Å². The van der Waals surface area contributed by atoms with Gasteiger partial charge in [-0.2, -0.15) is 0 Å². The summed E-state index contributed by atoms with van der Waals surface area (Å²) in [7, 11) is 0. The third-order valence-corrected chi connectivity index (χ3v) is 2.97. The number of rotatable bonds is 9. The van der Waals surface area contributed by atoms with Crippen LogP contribution >= 0.6 is 0 Å². The number of ether oxygens (including phenoxy) is 1. The van der Waals surface area contributed by atoms with Gasteiger partial charge in [-0.1, -0.05) is 39.0 Å². The Hall–Kier alpha value is -1.09. The minimum absolute atomic E-state index is 0.538. The summed E-state index contributed by atoms with van der Waals surface area (Å²) in [5.41, 5.74) is 7.68. The molecule has 2 N–H and O–H groups in total. The van der Waals surface area contributed by atoms with Crippen LogP contribution in [-0.4, -0.2) is 11.6 Å². The Morgan fingerprint density at radius 2 is 1.83 bits per heavy atom. The molecular formula is C15H26N2O. The zero-order valence-corrected chi connectivity index (χ0v) is 11.7. The number of unbranched alkanes of at least 4 members (excludes halogenated alkanes) is 5. The molecule has 0 atom stereocenters. The highest BCUT2D eigenvalue weighted by molar-refractivity contribution is 5.24. The normalized spacial score (nSPS) is 10.6. The van der Waals surface area contributed by atoms with Crippen LogP contribution in [0.3, 0.4) is 0 Å². The van der Waals surface area contributed by atoms with Gasteiger partial charge in [0.25, 0.3) is 0 Å². The average molecular weight is 250 g/mol. The maximum Gasteiger partial charge on any atom is 0.213 e. The monoisotopic (exact) mass is 250 g/mol. The Morgan fingerprint density at radius 1 is 1.11 bits per heavy atom. The SMILES string of the molecule is CCCCCCCCOc1cc(CN)cc(C)n1. The molecule has 0 aliphatic heterocycles. The number of nitrogens with zero attached hydrogens (tertiary/aromatic N) is 1.